The van der Waals surface area contributed by atoms with Gasteiger partial charge in [0, 0.05) is 16.1 Å². The number of thioether (sulfide) groups is 1. The largest absolute Gasteiger partial charge is 0.488 e. The number of nitriles is 1. The second-order valence-electron chi connectivity index (χ2n) is 6.96. The van der Waals surface area contributed by atoms with Crippen LogP contribution >= 0.6 is 23.4 Å². The van der Waals surface area contributed by atoms with E-state index in [9.17, 15) is 10.1 Å². The van der Waals surface area contributed by atoms with Crippen molar-refractivity contribution in [2.45, 2.75) is 13.5 Å². The summed E-state index contributed by atoms with van der Waals surface area (Å²) in [6, 6.07) is 22.4. The molecular weight excluding hydrogens is 442 g/mol. The highest BCUT2D eigenvalue weighted by Gasteiger charge is 2.24. The van der Waals surface area contributed by atoms with Crippen molar-refractivity contribution >= 4 is 46.2 Å². The van der Waals surface area contributed by atoms with Crippen LogP contribution in [0.25, 0.3) is 6.08 Å². The Labute approximate surface area is 195 Å². The molecule has 0 atom stereocenters. The molecule has 32 heavy (non-hydrogen) atoms. The summed E-state index contributed by atoms with van der Waals surface area (Å²) in [5.41, 5.74) is 3.70. The third-order valence-corrected chi connectivity index (χ3v) is 6.16. The zero-order valence-corrected chi connectivity index (χ0v) is 18.7. The van der Waals surface area contributed by atoms with Gasteiger partial charge in [0.05, 0.1) is 22.2 Å². The van der Waals surface area contributed by atoms with E-state index in [1.54, 1.807) is 18.2 Å². The van der Waals surface area contributed by atoms with E-state index in [1.165, 1.54) is 11.8 Å². The van der Waals surface area contributed by atoms with Crippen LogP contribution < -0.4 is 10.1 Å². The van der Waals surface area contributed by atoms with Gasteiger partial charge >= 0.3 is 0 Å². The molecule has 1 saturated heterocycles. The van der Waals surface area contributed by atoms with E-state index in [0.29, 0.717) is 32.1 Å². The number of hydrogen-bond donors (Lipinski definition) is 1. The Morgan fingerprint density at radius 1 is 1.12 bits per heavy atom. The number of hydrogen-bond acceptors (Lipinski definition) is 5. The van der Waals surface area contributed by atoms with Crippen LogP contribution in [0, 0.1) is 18.3 Å². The number of benzene rings is 3. The Morgan fingerprint density at radius 3 is 2.75 bits per heavy atom. The molecule has 7 heteroatoms. The van der Waals surface area contributed by atoms with E-state index in [-0.39, 0.29) is 12.5 Å². The maximum Gasteiger partial charge on any atom is 0.264 e. The maximum atomic E-state index is 12.5. The van der Waals surface area contributed by atoms with Crippen LogP contribution in [-0.4, -0.2) is 11.1 Å². The lowest BCUT2D eigenvalue weighted by molar-refractivity contribution is -0.115. The Hall–Kier alpha value is -3.53. The lowest BCUT2D eigenvalue weighted by Crippen LogP contribution is -2.19. The second-order valence-corrected chi connectivity index (χ2v) is 8.40. The zero-order valence-electron chi connectivity index (χ0n) is 17.1. The van der Waals surface area contributed by atoms with Gasteiger partial charge in [0.15, 0.2) is 5.17 Å². The molecule has 5 nitrogen and oxygen atoms in total. The second kappa shape index (κ2) is 9.73. The number of carbonyl (C=O) groups is 1. The van der Waals surface area contributed by atoms with Crippen molar-refractivity contribution < 1.29 is 9.53 Å². The molecule has 1 heterocycles. The molecule has 158 valence electrons. The number of halogens is 1. The van der Waals surface area contributed by atoms with Crippen molar-refractivity contribution in [2.75, 3.05) is 0 Å². The molecule has 1 amide bonds. The highest BCUT2D eigenvalue weighted by atomic mass is 35.5. The fourth-order valence-electron chi connectivity index (χ4n) is 3.09. The highest BCUT2D eigenvalue weighted by Crippen LogP contribution is 2.32. The number of carbonyl (C=O) groups excluding carboxylic acids is 1. The predicted octanol–water partition coefficient (Wildman–Crippen LogP) is 5.99. The van der Waals surface area contributed by atoms with E-state index in [0.717, 1.165) is 16.7 Å². The molecule has 1 fully saturated rings. The first-order chi connectivity index (χ1) is 15.5. The molecule has 0 radical (unpaired) electrons. The van der Waals surface area contributed by atoms with Crippen molar-refractivity contribution in [2.24, 2.45) is 4.99 Å². The summed E-state index contributed by atoms with van der Waals surface area (Å²) < 4.78 is 5.98. The number of amidine groups is 1. The van der Waals surface area contributed by atoms with E-state index in [2.05, 4.69) is 16.4 Å². The number of aliphatic imine (C=N–C) groups is 1. The monoisotopic (exact) mass is 459 g/mol. The van der Waals surface area contributed by atoms with E-state index in [4.69, 9.17) is 16.3 Å². The fraction of sp³-hybridized carbons (Fsp3) is 0.0800. The normalized spacial score (nSPS) is 15.6. The zero-order chi connectivity index (χ0) is 22.5. The minimum Gasteiger partial charge on any atom is -0.488 e. The summed E-state index contributed by atoms with van der Waals surface area (Å²) >= 11 is 7.43. The van der Waals surface area contributed by atoms with Crippen molar-refractivity contribution in [1.29, 1.82) is 5.26 Å². The highest BCUT2D eigenvalue weighted by molar-refractivity contribution is 8.18. The molecule has 0 bridgehead atoms. The molecular formula is C25H18ClN3O2S. The van der Waals surface area contributed by atoms with Crippen molar-refractivity contribution in [3.63, 3.8) is 0 Å². The van der Waals surface area contributed by atoms with E-state index >= 15 is 0 Å². The summed E-state index contributed by atoms with van der Waals surface area (Å²) in [5.74, 6) is 0.398. The molecule has 0 aromatic heterocycles. The van der Waals surface area contributed by atoms with Gasteiger partial charge in [0.25, 0.3) is 5.91 Å². The van der Waals surface area contributed by atoms with Crippen LogP contribution in [0.5, 0.6) is 5.75 Å². The van der Waals surface area contributed by atoms with E-state index < -0.39 is 0 Å². The standard InChI is InChI=1S/C25H18ClN3O2S/c1-16-20(26)10-6-11-21(16)28-25-29-24(30)23(32-25)13-17-7-4-5-12-22(17)31-15-19-9-3-2-8-18(19)14-27/h2-13H,15H2,1H3,(H,28,29,30)/b23-13+. The SMILES string of the molecule is Cc1c(Cl)cccc1N=C1NC(=O)/C(=C\c2ccccc2OCc2ccccc2C#N)S1. The third kappa shape index (κ3) is 4.86. The van der Waals surface area contributed by atoms with Crippen LogP contribution in [-0.2, 0) is 11.4 Å². The third-order valence-electron chi connectivity index (χ3n) is 4.84. The molecule has 1 aliphatic rings. The van der Waals surface area contributed by atoms with Gasteiger partial charge in [-0.3, -0.25) is 4.79 Å². The predicted molar refractivity (Wildman–Crippen MR) is 129 cm³/mol. The number of amides is 1. The number of nitrogens with one attached hydrogen (secondary N) is 1. The quantitative estimate of drug-likeness (QED) is 0.475. The van der Waals surface area contributed by atoms with Gasteiger partial charge in [-0.25, -0.2) is 4.99 Å². The number of rotatable bonds is 5. The molecule has 0 aliphatic carbocycles. The minimum atomic E-state index is -0.224. The number of para-hydroxylation sites is 1. The van der Waals surface area contributed by atoms with Gasteiger partial charge in [-0.2, -0.15) is 5.26 Å². The van der Waals surface area contributed by atoms with Gasteiger partial charge in [-0.05, 0) is 54.6 Å². The van der Waals surface area contributed by atoms with Gasteiger partial charge < -0.3 is 10.1 Å². The van der Waals surface area contributed by atoms with Crippen LogP contribution in [0.3, 0.4) is 0 Å². The fourth-order valence-corrected chi connectivity index (χ4v) is 4.09. The van der Waals surface area contributed by atoms with E-state index in [1.807, 2.05) is 61.5 Å². The van der Waals surface area contributed by atoms with Crippen LogP contribution in [0.1, 0.15) is 22.3 Å². The van der Waals surface area contributed by atoms with Crippen LogP contribution in [0.15, 0.2) is 76.6 Å². The van der Waals surface area contributed by atoms with Crippen molar-refractivity contribution in [1.82, 2.24) is 5.32 Å². The van der Waals surface area contributed by atoms with Gasteiger partial charge in [0.2, 0.25) is 0 Å². The van der Waals surface area contributed by atoms with Crippen LogP contribution in [0.4, 0.5) is 5.69 Å². The Kier molecular flexibility index (Phi) is 6.60. The molecule has 1 N–H and O–H groups in total. The van der Waals surface area contributed by atoms with Gasteiger partial charge in [-0.1, -0.05) is 54.1 Å². The Balaban J connectivity index is 1.55. The van der Waals surface area contributed by atoms with Crippen LogP contribution in [0.2, 0.25) is 5.02 Å². The smallest absolute Gasteiger partial charge is 0.264 e. The first-order valence-corrected chi connectivity index (χ1v) is 11.0. The lowest BCUT2D eigenvalue weighted by atomic mass is 10.1. The minimum absolute atomic E-state index is 0.224. The molecule has 1 aliphatic heterocycles. The van der Waals surface area contributed by atoms with Crippen molar-refractivity contribution in [3.05, 3.63) is 98.9 Å². The first-order valence-electron chi connectivity index (χ1n) is 9.79. The van der Waals surface area contributed by atoms with Crippen molar-refractivity contribution in [3.8, 4) is 11.8 Å². The Morgan fingerprint density at radius 2 is 1.91 bits per heavy atom. The topological polar surface area (TPSA) is 74.5 Å². The average molecular weight is 460 g/mol. The lowest BCUT2D eigenvalue weighted by Gasteiger charge is -2.10. The summed E-state index contributed by atoms with van der Waals surface area (Å²) in [6.07, 6.45) is 1.78. The molecule has 0 unspecified atom stereocenters. The summed E-state index contributed by atoms with van der Waals surface area (Å²) in [6.45, 7) is 2.14. The molecule has 4 rings (SSSR count). The average Bonchev–Trinajstić information content (AvgIpc) is 3.15. The molecule has 0 saturated carbocycles. The molecule has 0 spiro atoms. The maximum absolute atomic E-state index is 12.5. The molecule has 3 aromatic rings. The summed E-state index contributed by atoms with van der Waals surface area (Å²) in [5, 5.41) is 13.2. The molecule has 3 aromatic carbocycles. The summed E-state index contributed by atoms with van der Waals surface area (Å²) in [7, 11) is 0. The van der Waals surface area contributed by atoms with Gasteiger partial charge in [0.1, 0.15) is 12.4 Å². The first kappa shape index (κ1) is 21.7. The Bertz CT molecular complexity index is 1290. The summed E-state index contributed by atoms with van der Waals surface area (Å²) in [4.78, 5) is 17.6. The number of nitrogens with zero attached hydrogens (tertiary/aromatic N) is 2. The van der Waals surface area contributed by atoms with Gasteiger partial charge in [-0.15, -0.1) is 0 Å². The number of ether oxygens (including phenoxy) is 1.